The first-order chi connectivity index (χ1) is 14.6. The first kappa shape index (κ1) is 17.2. The van der Waals surface area contributed by atoms with Crippen molar-refractivity contribution >= 4 is 16.9 Å². The first-order valence-electron chi connectivity index (χ1n) is 9.64. The van der Waals surface area contributed by atoms with Crippen molar-refractivity contribution < 1.29 is 8.91 Å². The van der Waals surface area contributed by atoms with E-state index in [1.165, 1.54) is 23.2 Å². The van der Waals surface area contributed by atoms with Crippen molar-refractivity contribution in [3.05, 3.63) is 59.0 Å². The van der Waals surface area contributed by atoms with Gasteiger partial charge in [-0.2, -0.15) is 9.37 Å². The average molecular weight is 408 g/mol. The summed E-state index contributed by atoms with van der Waals surface area (Å²) in [5.41, 5.74) is 1.49. The van der Waals surface area contributed by atoms with Crippen LogP contribution in [0.1, 0.15) is 17.6 Å². The Balaban J connectivity index is 1.17. The zero-order chi connectivity index (χ0) is 20.4. The number of aromatic nitrogens is 7. The summed E-state index contributed by atoms with van der Waals surface area (Å²) in [5.74, 6) is 1.64. The van der Waals surface area contributed by atoms with Gasteiger partial charge >= 0.3 is 0 Å². The van der Waals surface area contributed by atoms with Crippen LogP contribution in [0.25, 0.3) is 11.2 Å². The number of aryl methyl sites for hydroxylation is 1. The molecule has 0 bridgehead atoms. The van der Waals surface area contributed by atoms with Crippen molar-refractivity contribution in [2.45, 2.75) is 12.5 Å². The third-order valence-corrected chi connectivity index (χ3v) is 6.06. The smallest absolute Gasteiger partial charge is 0.280 e. The van der Waals surface area contributed by atoms with Gasteiger partial charge in [0.1, 0.15) is 12.9 Å². The fraction of sp³-hybridized carbons (Fsp3) is 0.368. The van der Waals surface area contributed by atoms with Crippen LogP contribution in [0.5, 0.6) is 0 Å². The van der Waals surface area contributed by atoms with Crippen LogP contribution in [0.3, 0.4) is 0 Å². The summed E-state index contributed by atoms with van der Waals surface area (Å²) in [4.78, 5) is 31.2. The lowest BCUT2D eigenvalue weighted by Crippen LogP contribution is -2.24. The molecule has 1 saturated carbocycles. The van der Waals surface area contributed by atoms with Crippen molar-refractivity contribution in [1.29, 1.82) is 0 Å². The fourth-order valence-corrected chi connectivity index (χ4v) is 4.51. The van der Waals surface area contributed by atoms with Crippen LogP contribution < -0.4 is 10.5 Å². The largest absolute Gasteiger partial charge is 0.371 e. The van der Waals surface area contributed by atoms with Gasteiger partial charge in [0.25, 0.3) is 5.56 Å². The van der Waals surface area contributed by atoms with Gasteiger partial charge in [-0.15, -0.1) is 0 Å². The highest BCUT2D eigenvalue weighted by Crippen LogP contribution is 2.57. The summed E-state index contributed by atoms with van der Waals surface area (Å²) in [7, 11) is 1.75. The maximum atomic E-state index is 13.4. The Morgan fingerprint density at radius 3 is 2.80 bits per heavy atom. The van der Waals surface area contributed by atoms with Crippen LogP contribution >= 0.6 is 0 Å². The van der Waals surface area contributed by atoms with E-state index in [0.29, 0.717) is 34.7 Å². The topological polar surface area (TPSA) is 108 Å². The third kappa shape index (κ3) is 2.61. The summed E-state index contributed by atoms with van der Waals surface area (Å²) >= 11 is 0. The minimum Gasteiger partial charge on any atom is -0.371 e. The van der Waals surface area contributed by atoms with E-state index in [2.05, 4.69) is 30.0 Å². The van der Waals surface area contributed by atoms with E-state index in [9.17, 15) is 9.18 Å². The van der Waals surface area contributed by atoms with Crippen LogP contribution in [-0.2, 0) is 13.6 Å². The Morgan fingerprint density at radius 2 is 2.00 bits per heavy atom. The molecule has 5 heterocycles. The van der Waals surface area contributed by atoms with Gasteiger partial charge in [0.2, 0.25) is 11.8 Å². The molecule has 0 aromatic carbocycles. The number of imidazole rings is 1. The molecule has 1 aliphatic carbocycles. The van der Waals surface area contributed by atoms with Crippen LogP contribution in [-0.4, -0.2) is 47.3 Å². The number of hydrogen-bond donors (Lipinski definition) is 0. The van der Waals surface area contributed by atoms with Crippen LogP contribution in [0.15, 0.2) is 40.3 Å². The van der Waals surface area contributed by atoms with E-state index in [1.807, 2.05) is 6.07 Å². The highest BCUT2D eigenvalue weighted by atomic mass is 19.1. The molecule has 0 radical (unpaired) electrons. The molecular formula is C19H17FN8O2. The second-order valence-corrected chi connectivity index (χ2v) is 7.85. The number of halogens is 1. The molecule has 1 aliphatic heterocycles. The number of nitrogens with zero attached hydrogens (tertiary/aromatic N) is 8. The summed E-state index contributed by atoms with van der Waals surface area (Å²) in [5, 5.41) is 4.14. The van der Waals surface area contributed by atoms with Gasteiger partial charge in [0, 0.05) is 44.0 Å². The maximum absolute atomic E-state index is 13.4. The van der Waals surface area contributed by atoms with Gasteiger partial charge in [-0.3, -0.25) is 9.36 Å². The lowest BCUT2D eigenvalue weighted by Gasteiger charge is -2.21. The molecule has 30 heavy (non-hydrogen) atoms. The molecular weight excluding hydrogens is 391 g/mol. The van der Waals surface area contributed by atoms with Gasteiger partial charge in [-0.25, -0.2) is 15.0 Å². The molecule has 152 valence electrons. The molecule has 10 nitrogen and oxygen atoms in total. The number of anilines is 1. The van der Waals surface area contributed by atoms with Gasteiger partial charge < -0.3 is 14.0 Å². The molecule has 4 aromatic rings. The number of piperidine rings is 1. The molecule has 2 aliphatic rings. The van der Waals surface area contributed by atoms with Gasteiger partial charge in [-0.1, -0.05) is 5.16 Å². The normalized spacial score (nSPS) is 22.6. The predicted molar refractivity (Wildman–Crippen MR) is 102 cm³/mol. The number of rotatable bonds is 4. The molecule has 0 N–H and O–H groups in total. The first-order valence-corrected chi connectivity index (χ1v) is 9.64. The van der Waals surface area contributed by atoms with E-state index in [-0.39, 0.29) is 18.0 Å². The molecule has 0 spiro atoms. The van der Waals surface area contributed by atoms with Crippen LogP contribution in [0.2, 0.25) is 0 Å². The lowest BCUT2D eigenvalue weighted by molar-refractivity contribution is 0.363. The number of fused-ring (bicyclic) bond motifs is 2. The molecule has 6 rings (SSSR count). The highest BCUT2D eigenvalue weighted by molar-refractivity contribution is 5.68. The van der Waals surface area contributed by atoms with Crippen molar-refractivity contribution in [3.63, 3.8) is 0 Å². The average Bonchev–Trinajstić information content (AvgIpc) is 3.16. The molecule has 1 saturated heterocycles. The van der Waals surface area contributed by atoms with E-state index in [0.717, 1.165) is 18.8 Å². The predicted octanol–water partition coefficient (Wildman–Crippen LogP) is 0.945. The summed E-state index contributed by atoms with van der Waals surface area (Å²) in [6, 6.07) is 3.28. The Hall–Kier alpha value is -3.63. The van der Waals surface area contributed by atoms with Crippen molar-refractivity contribution in [2.75, 3.05) is 18.0 Å². The SMILES string of the molecule is Cn1cnc2ncn(Cc3nc([C@H]4[C@@H]5CN(c6ccnc(F)c6)C[C@@H]54)no3)c(=O)c21. The molecule has 2 fully saturated rings. The van der Waals surface area contributed by atoms with Crippen molar-refractivity contribution in [2.24, 2.45) is 18.9 Å². The summed E-state index contributed by atoms with van der Waals surface area (Å²) < 4.78 is 21.8. The second-order valence-electron chi connectivity index (χ2n) is 7.85. The Labute approximate surface area is 169 Å². The van der Waals surface area contributed by atoms with Crippen LogP contribution in [0.4, 0.5) is 10.1 Å². The van der Waals surface area contributed by atoms with Crippen molar-refractivity contribution in [1.82, 2.24) is 34.2 Å². The zero-order valence-corrected chi connectivity index (χ0v) is 16.0. The number of pyridine rings is 1. The fourth-order valence-electron chi connectivity index (χ4n) is 4.51. The van der Waals surface area contributed by atoms with E-state index >= 15 is 0 Å². The monoisotopic (exact) mass is 408 g/mol. The molecule has 0 amide bonds. The van der Waals surface area contributed by atoms with Crippen molar-refractivity contribution in [3.8, 4) is 0 Å². The molecule has 4 aromatic heterocycles. The van der Waals surface area contributed by atoms with E-state index < -0.39 is 5.95 Å². The Morgan fingerprint density at radius 1 is 1.20 bits per heavy atom. The van der Waals surface area contributed by atoms with E-state index in [4.69, 9.17) is 4.52 Å². The standard InChI is InChI=1S/C19H17FN8O2/c1-26-8-22-18-16(26)19(29)28(9-23-18)7-14-24-17(25-30-14)15-11-5-27(6-12(11)15)10-2-3-21-13(20)4-10/h2-4,8-9,11-12,15H,5-7H2,1H3/t11-,12+,15+. The van der Waals surface area contributed by atoms with E-state index in [1.54, 1.807) is 17.9 Å². The summed E-state index contributed by atoms with van der Waals surface area (Å²) in [6.45, 7) is 1.80. The molecule has 11 heteroatoms. The quantitative estimate of drug-likeness (QED) is 0.459. The minimum atomic E-state index is -0.471. The van der Waals surface area contributed by atoms with Gasteiger partial charge in [-0.05, 0) is 17.9 Å². The number of hydrogen-bond acceptors (Lipinski definition) is 8. The molecule has 3 atom stereocenters. The van der Waals surface area contributed by atoms with Gasteiger partial charge in [0.05, 0.1) is 6.33 Å². The highest BCUT2D eigenvalue weighted by Gasteiger charge is 2.58. The Kier molecular flexibility index (Phi) is 3.55. The second kappa shape index (κ2) is 6.18. The lowest BCUT2D eigenvalue weighted by atomic mass is 10.2. The minimum absolute atomic E-state index is 0.157. The molecule has 0 unspecified atom stereocenters. The third-order valence-electron chi connectivity index (χ3n) is 6.06. The summed E-state index contributed by atoms with van der Waals surface area (Å²) in [6.07, 6.45) is 4.49. The van der Waals surface area contributed by atoms with Gasteiger partial charge in [0.15, 0.2) is 17.0 Å². The zero-order valence-electron chi connectivity index (χ0n) is 16.0. The Bertz CT molecular complexity index is 1320. The van der Waals surface area contributed by atoms with Crippen LogP contribution in [0, 0.1) is 17.8 Å². The maximum Gasteiger partial charge on any atom is 0.280 e.